The van der Waals surface area contributed by atoms with Gasteiger partial charge in [0.1, 0.15) is 5.60 Å². The molecule has 0 aromatic rings. The molecule has 0 aromatic carbocycles. The highest BCUT2D eigenvalue weighted by molar-refractivity contribution is 7.85. The van der Waals surface area contributed by atoms with Crippen LogP contribution < -0.4 is 5.32 Å². The van der Waals surface area contributed by atoms with E-state index in [9.17, 15) is 9.00 Å². The van der Waals surface area contributed by atoms with Gasteiger partial charge in [0.2, 0.25) is 0 Å². The van der Waals surface area contributed by atoms with Crippen molar-refractivity contribution in [2.45, 2.75) is 52.2 Å². The Balaban J connectivity index is 4.06. The Morgan fingerprint density at radius 3 is 2.72 bits per heavy atom. The predicted molar refractivity (Wildman–Crippen MR) is 73.0 cm³/mol. The molecule has 0 aromatic heterocycles. The molecule has 0 aliphatic rings. The number of alkyl carbamates (subject to hydrolysis) is 1. The highest BCUT2D eigenvalue weighted by Gasteiger charge is 2.20. The molecule has 0 aliphatic heterocycles. The molecule has 6 heteroatoms. The minimum absolute atomic E-state index is 0.202. The van der Waals surface area contributed by atoms with Gasteiger partial charge < -0.3 is 15.2 Å². The van der Waals surface area contributed by atoms with Gasteiger partial charge in [-0.3, -0.25) is 4.21 Å². The summed E-state index contributed by atoms with van der Waals surface area (Å²) in [5.74, 6) is 0.694. The standard InChI is InChI=1S/C12H25NO4S/c1-5-6-7-18(16)9-10(8-14)13-11(15)17-12(2,3)4/h10,14H,5-9H2,1-4H3,(H,13,15)/t10-,18?/m1/s1/i1D. The van der Waals surface area contributed by atoms with E-state index in [2.05, 4.69) is 5.32 Å². The fourth-order valence-corrected chi connectivity index (χ4v) is 2.52. The number of hydrogen-bond acceptors (Lipinski definition) is 4. The van der Waals surface area contributed by atoms with E-state index in [1.54, 1.807) is 20.8 Å². The van der Waals surface area contributed by atoms with Crippen LogP contribution in [0.2, 0.25) is 0 Å². The minimum Gasteiger partial charge on any atom is -0.444 e. The third kappa shape index (κ3) is 9.41. The molecule has 0 heterocycles. The van der Waals surface area contributed by atoms with Crippen LogP contribution in [-0.2, 0) is 15.5 Å². The fourth-order valence-electron chi connectivity index (χ4n) is 1.19. The van der Waals surface area contributed by atoms with Crippen molar-refractivity contribution < 1.29 is 20.2 Å². The number of hydrogen-bond donors (Lipinski definition) is 2. The summed E-state index contributed by atoms with van der Waals surface area (Å²) in [5.41, 5.74) is -0.600. The third-order valence-electron chi connectivity index (χ3n) is 1.95. The molecule has 2 N–H and O–H groups in total. The molecule has 0 fully saturated rings. The molecule has 0 rings (SSSR count). The largest absolute Gasteiger partial charge is 0.444 e. The summed E-state index contributed by atoms with van der Waals surface area (Å²) in [6, 6.07) is -0.563. The zero-order valence-corrected chi connectivity index (χ0v) is 12.2. The fraction of sp³-hybridized carbons (Fsp3) is 0.917. The lowest BCUT2D eigenvalue weighted by Crippen LogP contribution is -2.44. The smallest absolute Gasteiger partial charge is 0.407 e. The molecular formula is C12H25NO4S. The van der Waals surface area contributed by atoms with Crippen molar-refractivity contribution >= 4 is 16.9 Å². The lowest BCUT2D eigenvalue weighted by Gasteiger charge is -2.22. The van der Waals surface area contributed by atoms with Crippen molar-refractivity contribution in [3.05, 3.63) is 0 Å². The van der Waals surface area contributed by atoms with Crippen LogP contribution in [0.5, 0.6) is 0 Å². The normalized spacial score (nSPS) is 15.7. The van der Waals surface area contributed by atoms with Gasteiger partial charge in [0, 0.05) is 23.7 Å². The second-order valence-corrected chi connectivity index (χ2v) is 6.66. The van der Waals surface area contributed by atoms with Crippen LogP contribution in [0.15, 0.2) is 0 Å². The van der Waals surface area contributed by atoms with E-state index < -0.39 is 28.5 Å². The highest BCUT2D eigenvalue weighted by atomic mass is 32.2. The van der Waals surface area contributed by atoms with Gasteiger partial charge in [0.25, 0.3) is 0 Å². The number of ether oxygens (including phenoxy) is 1. The number of unbranched alkanes of at least 4 members (excludes halogenated alkanes) is 1. The molecule has 0 aliphatic carbocycles. The lowest BCUT2D eigenvalue weighted by atomic mass is 10.2. The maximum absolute atomic E-state index is 11.7. The summed E-state index contributed by atoms with van der Waals surface area (Å²) in [4.78, 5) is 11.5. The molecule has 0 radical (unpaired) electrons. The average molecular weight is 280 g/mol. The Bertz CT molecular complexity index is 294. The Morgan fingerprint density at radius 2 is 2.22 bits per heavy atom. The highest BCUT2D eigenvalue weighted by Crippen LogP contribution is 2.07. The van der Waals surface area contributed by atoms with E-state index in [0.29, 0.717) is 12.7 Å². The molecule has 0 bridgehead atoms. The molecule has 0 saturated heterocycles. The molecule has 0 saturated carbocycles. The Hall–Kier alpha value is -0.620. The Labute approximate surface area is 113 Å². The number of carbonyl (C=O) groups is 1. The first-order valence-electron chi connectivity index (χ1n) is 6.73. The van der Waals surface area contributed by atoms with Crippen LogP contribution in [-0.4, -0.2) is 45.2 Å². The van der Waals surface area contributed by atoms with Gasteiger partial charge in [-0.2, -0.15) is 0 Å². The molecule has 0 spiro atoms. The summed E-state index contributed by atoms with van der Waals surface area (Å²) in [6.45, 7) is 5.30. The second-order valence-electron chi connectivity index (χ2n) is 5.04. The summed E-state index contributed by atoms with van der Waals surface area (Å²) in [5, 5.41) is 11.7. The topological polar surface area (TPSA) is 75.6 Å². The van der Waals surface area contributed by atoms with Crippen molar-refractivity contribution in [1.29, 1.82) is 0 Å². The van der Waals surface area contributed by atoms with Crippen LogP contribution in [0.25, 0.3) is 0 Å². The van der Waals surface area contributed by atoms with Crippen LogP contribution in [0.1, 0.15) is 41.9 Å². The van der Waals surface area contributed by atoms with Gasteiger partial charge in [0.15, 0.2) is 0 Å². The van der Waals surface area contributed by atoms with Gasteiger partial charge >= 0.3 is 6.09 Å². The van der Waals surface area contributed by atoms with Crippen molar-refractivity contribution in [1.82, 2.24) is 5.32 Å². The first-order valence-corrected chi connectivity index (χ1v) is 7.52. The minimum atomic E-state index is -1.10. The number of rotatable bonds is 7. The summed E-state index contributed by atoms with van der Waals surface area (Å²) < 4.78 is 23.8. The van der Waals surface area contributed by atoms with Crippen LogP contribution in [0, 0.1) is 0 Å². The predicted octanol–water partition coefficient (Wildman–Crippen LogP) is 1.42. The molecular weight excluding hydrogens is 254 g/mol. The Kier molecular flexibility index (Phi) is 7.27. The van der Waals surface area contributed by atoms with Crippen LogP contribution in [0.3, 0.4) is 0 Å². The molecule has 5 nitrogen and oxygen atoms in total. The van der Waals surface area contributed by atoms with Crippen molar-refractivity contribution in [2.24, 2.45) is 0 Å². The molecule has 1 unspecified atom stereocenters. The first kappa shape index (κ1) is 15.4. The van der Waals surface area contributed by atoms with Crippen molar-refractivity contribution in [3.8, 4) is 0 Å². The van der Waals surface area contributed by atoms with Crippen molar-refractivity contribution in [3.63, 3.8) is 0 Å². The second kappa shape index (κ2) is 8.48. The number of nitrogens with one attached hydrogen (secondary N) is 1. The molecule has 18 heavy (non-hydrogen) atoms. The van der Waals surface area contributed by atoms with Gasteiger partial charge in [-0.25, -0.2) is 4.79 Å². The first-order chi connectivity index (χ1) is 8.78. The van der Waals surface area contributed by atoms with E-state index in [0.717, 1.165) is 12.8 Å². The number of carbonyl (C=O) groups excluding carboxylic acids is 1. The average Bonchev–Trinajstić information content (AvgIpc) is 2.25. The van der Waals surface area contributed by atoms with Gasteiger partial charge in [0.05, 0.1) is 12.6 Å². The van der Waals surface area contributed by atoms with E-state index in [1.807, 2.05) is 0 Å². The SMILES string of the molecule is [2H]CCCCS(=O)C[C@@H](CO)NC(=O)OC(C)(C)C. The third-order valence-corrected chi connectivity index (χ3v) is 3.47. The van der Waals surface area contributed by atoms with E-state index in [1.165, 1.54) is 0 Å². The number of aliphatic hydroxyl groups excluding tert-OH is 1. The van der Waals surface area contributed by atoms with Crippen LogP contribution >= 0.6 is 0 Å². The van der Waals surface area contributed by atoms with Gasteiger partial charge in [-0.05, 0) is 27.2 Å². The van der Waals surface area contributed by atoms with E-state index in [4.69, 9.17) is 11.2 Å². The van der Waals surface area contributed by atoms with Crippen molar-refractivity contribution in [2.75, 3.05) is 18.1 Å². The van der Waals surface area contributed by atoms with Gasteiger partial charge in [-0.15, -0.1) is 0 Å². The summed E-state index contributed by atoms with van der Waals surface area (Å²) in [7, 11) is -1.10. The quantitative estimate of drug-likeness (QED) is 0.692. The summed E-state index contributed by atoms with van der Waals surface area (Å²) in [6.07, 6.45) is 0.824. The zero-order valence-electron chi connectivity index (χ0n) is 12.4. The number of aliphatic hydroxyl groups is 1. The maximum Gasteiger partial charge on any atom is 0.407 e. The number of amides is 1. The zero-order chi connectivity index (χ0) is 14.9. The van der Waals surface area contributed by atoms with Gasteiger partial charge in [-0.1, -0.05) is 13.3 Å². The monoisotopic (exact) mass is 280 g/mol. The maximum atomic E-state index is 11.7. The lowest BCUT2D eigenvalue weighted by molar-refractivity contribution is 0.0491. The molecule has 2 atom stereocenters. The van der Waals surface area contributed by atoms with E-state index in [-0.39, 0.29) is 12.4 Å². The molecule has 108 valence electrons. The Morgan fingerprint density at radius 1 is 1.56 bits per heavy atom. The summed E-state index contributed by atoms with van der Waals surface area (Å²) >= 11 is 0. The van der Waals surface area contributed by atoms with Crippen LogP contribution in [0.4, 0.5) is 4.79 Å². The van der Waals surface area contributed by atoms with E-state index >= 15 is 0 Å². The molecule has 1 amide bonds.